The highest BCUT2D eigenvalue weighted by atomic mass is 32.2. The fraction of sp³-hybridized carbons (Fsp3) is 0.545. The molecule has 2 aliphatic rings. The number of hydrogen-bond acceptors (Lipinski definition) is 7. The van der Waals surface area contributed by atoms with Crippen LogP contribution in [0.25, 0.3) is 0 Å². The topological polar surface area (TPSA) is 80.5 Å². The van der Waals surface area contributed by atoms with Crippen molar-refractivity contribution in [1.29, 1.82) is 0 Å². The van der Waals surface area contributed by atoms with E-state index in [9.17, 15) is 4.79 Å². The van der Waals surface area contributed by atoms with Crippen LogP contribution in [0.4, 0.5) is 0 Å². The van der Waals surface area contributed by atoms with Gasteiger partial charge in [0.25, 0.3) is 0 Å². The minimum Gasteiger partial charge on any atom is -0.486 e. The minimum absolute atomic E-state index is 0.0234. The molecule has 0 bridgehead atoms. The number of aromatic nitrogens is 2. The Kier molecular flexibility index (Phi) is 3.43. The lowest BCUT2D eigenvalue weighted by atomic mass is 10.2. The number of likely N-dealkylation sites (N-methyl/N-ethyl adjacent to an activating group) is 1. The molecule has 0 saturated heterocycles. The first-order valence-corrected chi connectivity index (χ1v) is 6.98. The second kappa shape index (κ2) is 5.22. The van der Waals surface area contributed by atoms with E-state index in [0.717, 1.165) is 17.1 Å². The molecule has 0 aromatic carbocycles. The highest BCUT2D eigenvalue weighted by molar-refractivity contribution is 8.03. The van der Waals surface area contributed by atoms with Gasteiger partial charge in [0.05, 0.1) is 11.4 Å². The Balaban J connectivity index is 1.80. The monoisotopic (exact) mass is 282 g/mol. The van der Waals surface area contributed by atoms with Crippen molar-refractivity contribution in [2.45, 2.75) is 19.0 Å². The van der Waals surface area contributed by atoms with Gasteiger partial charge in [0.2, 0.25) is 12.3 Å². The Morgan fingerprint density at radius 2 is 2.53 bits per heavy atom. The van der Waals surface area contributed by atoms with E-state index in [0.29, 0.717) is 24.9 Å². The number of carbonyl (C=O) groups excluding carboxylic acids is 1. The Labute approximate surface area is 114 Å². The Morgan fingerprint density at radius 1 is 1.63 bits per heavy atom. The van der Waals surface area contributed by atoms with Crippen molar-refractivity contribution in [3.63, 3.8) is 0 Å². The zero-order valence-electron chi connectivity index (χ0n) is 10.5. The summed E-state index contributed by atoms with van der Waals surface area (Å²) in [5.41, 5.74) is 0. The van der Waals surface area contributed by atoms with Crippen molar-refractivity contribution in [1.82, 2.24) is 20.4 Å². The van der Waals surface area contributed by atoms with Crippen LogP contribution in [-0.4, -0.2) is 46.5 Å². The summed E-state index contributed by atoms with van der Waals surface area (Å²) in [6.45, 7) is 0.962. The molecule has 3 rings (SSSR count). The highest BCUT2D eigenvalue weighted by Gasteiger charge is 2.35. The molecule has 7 nitrogen and oxygen atoms in total. The summed E-state index contributed by atoms with van der Waals surface area (Å²) in [5.74, 6) is 2.06. The van der Waals surface area contributed by atoms with Crippen molar-refractivity contribution < 1.29 is 14.1 Å². The second-order valence-electron chi connectivity index (χ2n) is 4.27. The number of nitrogens with zero attached hydrogens (tertiary/aromatic N) is 3. The summed E-state index contributed by atoms with van der Waals surface area (Å²) in [5, 5.41) is 6.81. The second-order valence-corrected chi connectivity index (χ2v) is 5.24. The van der Waals surface area contributed by atoms with Crippen LogP contribution in [0.15, 0.2) is 21.6 Å². The molecule has 0 radical (unpaired) electrons. The van der Waals surface area contributed by atoms with Gasteiger partial charge in [0.1, 0.15) is 17.7 Å². The molecule has 0 spiro atoms. The summed E-state index contributed by atoms with van der Waals surface area (Å²) < 4.78 is 10.3. The Morgan fingerprint density at radius 3 is 3.26 bits per heavy atom. The van der Waals surface area contributed by atoms with Gasteiger partial charge in [-0.2, -0.15) is 4.98 Å². The van der Waals surface area contributed by atoms with Crippen LogP contribution in [0.5, 0.6) is 0 Å². The zero-order valence-corrected chi connectivity index (χ0v) is 11.3. The van der Waals surface area contributed by atoms with Gasteiger partial charge >= 0.3 is 0 Å². The smallest absolute Gasteiger partial charge is 0.245 e. The Hall–Kier alpha value is -1.54. The summed E-state index contributed by atoms with van der Waals surface area (Å²) >= 11 is 1.58. The van der Waals surface area contributed by atoms with Crippen LogP contribution in [-0.2, 0) is 16.1 Å². The average Bonchev–Trinajstić information content (AvgIpc) is 3.04. The molecule has 3 heterocycles. The maximum absolute atomic E-state index is 12.5. The molecule has 1 N–H and O–H groups in total. The van der Waals surface area contributed by atoms with E-state index in [1.165, 1.54) is 6.39 Å². The van der Waals surface area contributed by atoms with E-state index >= 15 is 0 Å². The molecular formula is C11H14N4O3S. The quantitative estimate of drug-likeness (QED) is 0.855. The maximum atomic E-state index is 12.5. The molecule has 1 unspecified atom stereocenters. The summed E-state index contributed by atoms with van der Waals surface area (Å²) in [4.78, 5) is 19.2. The molecule has 0 fully saturated rings. The SMILES string of the molecule is CNC1C(=O)N(Cc2ncon2)CCC2=C1SCO2. The molecular weight excluding hydrogens is 268 g/mol. The molecule has 19 heavy (non-hydrogen) atoms. The van der Waals surface area contributed by atoms with Gasteiger partial charge < -0.3 is 19.5 Å². The lowest BCUT2D eigenvalue weighted by molar-refractivity contribution is -0.132. The van der Waals surface area contributed by atoms with Gasteiger partial charge in [0, 0.05) is 13.0 Å². The first-order valence-electron chi connectivity index (χ1n) is 5.99. The van der Waals surface area contributed by atoms with Crippen LogP contribution in [0, 0.1) is 0 Å². The molecule has 0 saturated carbocycles. The molecule has 2 aliphatic heterocycles. The molecule has 1 amide bonds. The molecule has 1 aromatic heterocycles. The van der Waals surface area contributed by atoms with Gasteiger partial charge in [-0.25, -0.2) is 0 Å². The van der Waals surface area contributed by atoms with Crippen molar-refractivity contribution in [2.75, 3.05) is 19.5 Å². The molecule has 1 aromatic rings. The van der Waals surface area contributed by atoms with Crippen molar-refractivity contribution in [2.24, 2.45) is 0 Å². The third-order valence-electron chi connectivity index (χ3n) is 3.18. The normalized spacial score (nSPS) is 23.3. The molecule has 1 atom stereocenters. The lowest BCUT2D eigenvalue weighted by Gasteiger charge is -2.23. The van der Waals surface area contributed by atoms with E-state index in [4.69, 9.17) is 9.26 Å². The summed E-state index contributed by atoms with van der Waals surface area (Å²) in [6, 6.07) is -0.336. The highest BCUT2D eigenvalue weighted by Crippen LogP contribution is 2.36. The lowest BCUT2D eigenvalue weighted by Crippen LogP contribution is -2.44. The molecule has 8 heteroatoms. The Bertz CT molecular complexity index is 502. The number of rotatable bonds is 3. The zero-order chi connectivity index (χ0) is 13.2. The summed E-state index contributed by atoms with van der Waals surface area (Å²) in [6.07, 6.45) is 1.99. The minimum atomic E-state index is -0.336. The van der Waals surface area contributed by atoms with E-state index < -0.39 is 0 Å². The van der Waals surface area contributed by atoms with Crippen molar-refractivity contribution >= 4 is 17.7 Å². The predicted octanol–water partition coefficient (Wildman–Crippen LogP) is 0.322. The van der Waals surface area contributed by atoms with Crippen LogP contribution < -0.4 is 5.32 Å². The maximum Gasteiger partial charge on any atom is 0.245 e. The number of nitrogens with one attached hydrogen (secondary N) is 1. The van der Waals surface area contributed by atoms with E-state index in [-0.39, 0.29) is 11.9 Å². The fourth-order valence-electron chi connectivity index (χ4n) is 2.24. The summed E-state index contributed by atoms with van der Waals surface area (Å²) in [7, 11) is 1.78. The van der Waals surface area contributed by atoms with Gasteiger partial charge in [-0.1, -0.05) is 16.9 Å². The van der Waals surface area contributed by atoms with E-state index in [2.05, 4.69) is 15.5 Å². The predicted molar refractivity (Wildman–Crippen MR) is 67.7 cm³/mol. The number of ether oxygens (including phenoxy) is 1. The number of amides is 1. The van der Waals surface area contributed by atoms with Crippen molar-refractivity contribution in [3.8, 4) is 0 Å². The number of carbonyl (C=O) groups is 1. The average molecular weight is 282 g/mol. The van der Waals surface area contributed by atoms with Crippen LogP contribution >= 0.6 is 11.8 Å². The fourth-order valence-corrected chi connectivity index (χ4v) is 3.28. The van der Waals surface area contributed by atoms with Gasteiger partial charge in [-0.3, -0.25) is 4.79 Å². The van der Waals surface area contributed by atoms with Gasteiger partial charge in [-0.15, -0.1) is 0 Å². The van der Waals surface area contributed by atoms with Gasteiger partial charge in [-0.05, 0) is 7.05 Å². The molecule has 0 aliphatic carbocycles. The van der Waals surface area contributed by atoms with Gasteiger partial charge in [0.15, 0.2) is 5.82 Å². The molecule has 102 valence electrons. The first-order chi connectivity index (χ1) is 9.29. The standard InChI is InChI=1S/C11H14N4O3S/c1-12-9-10-7(17-6-19-10)2-3-15(11(9)16)4-8-13-5-18-14-8/h5,9,12H,2-4,6H2,1H3. The largest absolute Gasteiger partial charge is 0.486 e. The van der Waals surface area contributed by atoms with Crippen LogP contribution in [0.2, 0.25) is 0 Å². The van der Waals surface area contributed by atoms with Crippen LogP contribution in [0.3, 0.4) is 0 Å². The first kappa shape index (κ1) is 12.5. The van der Waals surface area contributed by atoms with E-state index in [1.807, 2.05) is 0 Å². The van der Waals surface area contributed by atoms with E-state index in [1.54, 1.807) is 23.7 Å². The third kappa shape index (κ3) is 2.33. The van der Waals surface area contributed by atoms with Crippen LogP contribution in [0.1, 0.15) is 12.2 Å². The number of hydrogen-bond donors (Lipinski definition) is 1. The number of thioether (sulfide) groups is 1. The van der Waals surface area contributed by atoms with Crippen molar-refractivity contribution in [3.05, 3.63) is 22.9 Å². The third-order valence-corrected chi connectivity index (χ3v) is 4.19.